The van der Waals surface area contributed by atoms with E-state index in [1.54, 1.807) is 11.3 Å². The Morgan fingerprint density at radius 1 is 0.588 bits per heavy atom. The zero-order valence-electron chi connectivity index (χ0n) is 30.9. The summed E-state index contributed by atoms with van der Waals surface area (Å²) in [7, 11) is 0. The maximum absolute atomic E-state index is 11.8. The van der Waals surface area contributed by atoms with Crippen LogP contribution < -0.4 is 0 Å². The van der Waals surface area contributed by atoms with Crippen molar-refractivity contribution < 1.29 is 26.2 Å². The molecule has 2 heterocycles. The van der Waals surface area contributed by atoms with Gasteiger partial charge in [-0.15, -0.1) is 23.8 Å². The average Bonchev–Trinajstić information content (AvgIpc) is 3.52. The fourth-order valence-corrected chi connectivity index (χ4v) is 7.55. The van der Waals surface area contributed by atoms with Gasteiger partial charge in [-0.05, 0) is 56.5 Å². The second-order valence-corrected chi connectivity index (χ2v) is 17.5. The molecule has 0 bridgehead atoms. The molecule has 0 aliphatic rings. The monoisotopic (exact) mass is 868 g/mol. The molecule has 0 spiro atoms. The molecule has 0 aliphatic carbocycles. The number of benzene rings is 5. The van der Waals surface area contributed by atoms with Gasteiger partial charge >= 0.3 is 0 Å². The summed E-state index contributed by atoms with van der Waals surface area (Å²) in [6, 6.07) is 38.1. The van der Waals surface area contributed by atoms with Crippen LogP contribution in [0.4, 0.5) is 0 Å². The molecule has 0 radical (unpaired) electrons. The van der Waals surface area contributed by atoms with Crippen LogP contribution in [-0.4, -0.2) is 15.1 Å². The first-order valence-electron chi connectivity index (χ1n) is 17.4. The maximum atomic E-state index is 11.8. The van der Waals surface area contributed by atoms with Crippen molar-refractivity contribution >= 4 is 32.5 Å². The zero-order chi connectivity index (χ0) is 35.6. The number of phenolic OH excluding ortho intramolecular Hbond substituents is 1. The second-order valence-electron chi connectivity index (χ2n) is 16.5. The number of aromatic nitrogens is 2. The van der Waals surface area contributed by atoms with Crippen LogP contribution in [0.25, 0.3) is 65.1 Å². The molecule has 0 unspecified atom stereocenters. The van der Waals surface area contributed by atoms with Crippen molar-refractivity contribution in [2.75, 3.05) is 0 Å². The number of fused-ring (bicyclic) bond motifs is 2. The Kier molecular flexibility index (Phi) is 9.68. The van der Waals surface area contributed by atoms with E-state index in [2.05, 4.69) is 159 Å². The van der Waals surface area contributed by atoms with Crippen LogP contribution in [0.3, 0.4) is 0 Å². The molecule has 2 aromatic heterocycles. The molecule has 0 atom stereocenters. The third-order valence-electron chi connectivity index (χ3n) is 9.56. The first-order valence-corrected chi connectivity index (χ1v) is 18.2. The van der Waals surface area contributed by atoms with E-state index in [9.17, 15) is 5.11 Å². The van der Waals surface area contributed by atoms with Crippen LogP contribution in [0.2, 0.25) is 0 Å². The summed E-state index contributed by atoms with van der Waals surface area (Å²) in [6.45, 7) is 19.9. The third-order valence-corrected chi connectivity index (χ3v) is 10.6. The number of para-hydroxylation sites is 1. The molecular formula is C46H45N2OPtS-. The van der Waals surface area contributed by atoms with Gasteiger partial charge in [0.2, 0.25) is 0 Å². The van der Waals surface area contributed by atoms with Crippen LogP contribution in [0, 0.1) is 6.07 Å². The molecule has 0 aliphatic heterocycles. The van der Waals surface area contributed by atoms with E-state index in [1.165, 1.54) is 11.1 Å². The van der Waals surface area contributed by atoms with Crippen molar-refractivity contribution in [1.29, 1.82) is 0 Å². The topological polar surface area (TPSA) is 46.0 Å². The summed E-state index contributed by atoms with van der Waals surface area (Å²) < 4.78 is 1.07. The van der Waals surface area contributed by atoms with Crippen molar-refractivity contribution in [2.24, 2.45) is 0 Å². The molecule has 0 fully saturated rings. The van der Waals surface area contributed by atoms with Crippen molar-refractivity contribution in [2.45, 2.75) is 78.6 Å². The summed E-state index contributed by atoms with van der Waals surface area (Å²) in [5.41, 5.74) is 11.9. The quantitative estimate of drug-likeness (QED) is 0.179. The maximum Gasteiger partial charge on any atom is 0.127 e. The van der Waals surface area contributed by atoms with Gasteiger partial charge in [0.15, 0.2) is 0 Å². The Balaban J connectivity index is 0.00000448. The summed E-state index contributed by atoms with van der Waals surface area (Å²) in [4.78, 5) is 10.2. The predicted molar refractivity (Wildman–Crippen MR) is 213 cm³/mol. The molecule has 1 N–H and O–H groups in total. The Morgan fingerprint density at radius 2 is 1.25 bits per heavy atom. The van der Waals surface area contributed by atoms with Gasteiger partial charge in [-0.1, -0.05) is 146 Å². The standard InChI is InChI=1S/C46H45N2OS.Pt/c1-44(2,3)33-24-29-17-14-20-47-40(29)36(25-33)31-21-30(28-15-11-10-12-16-28)22-32(23-31)43-48-41-35(18-13-19-39(41)50-43)37-26-34(45(4,5)6)27-38(42(37)49)46(7,8)9;/h10-22,24-27,49H,1-9H3;/q-1;. The molecular weight excluding hydrogens is 824 g/mol. The van der Waals surface area contributed by atoms with Crippen LogP contribution >= 0.6 is 11.3 Å². The van der Waals surface area contributed by atoms with Crippen LogP contribution in [-0.2, 0) is 37.3 Å². The molecule has 0 amide bonds. The van der Waals surface area contributed by atoms with E-state index >= 15 is 0 Å². The number of pyridine rings is 1. The fraction of sp³-hybridized carbons (Fsp3) is 0.261. The van der Waals surface area contributed by atoms with Gasteiger partial charge in [-0.3, -0.25) is 9.97 Å². The normalized spacial score (nSPS) is 12.3. The minimum Gasteiger partial charge on any atom is -0.507 e. The summed E-state index contributed by atoms with van der Waals surface area (Å²) in [5.74, 6) is 0.325. The van der Waals surface area contributed by atoms with Gasteiger partial charge in [0.05, 0.1) is 10.5 Å². The summed E-state index contributed by atoms with van der Waals surface area (Å²) >= 11 is 1.66. The number of hydrogen-bond acceptors (Lipinski definition) is 4. The van der Waals surface area contributed by atoms with E-state index in [0.29, 0.717) is 5.75 Å². The Morgan fingerprint density at radius 3 is 1.94 bits per heavy atom. The Labute approximate surface area is 321 Å². The predicted octanol–water partition coefficient (Wildman–Crippen LogP) is 12.9. The first kappa shape index (κ1) is 36.7. The Bertz CT molecular complexity index is 2390. The number of aromatic hydroxyl groups is 1. The van der Waals surface area contributed by atoms with Crippen LogP contribution in [0.1, 0.15) is 79.0 Å². The number of nitrogens with zero attached hydrogens (tertiary/aromatic N) is 2. The number of phenols is 1. The largest absolute Gasteiger partial charge is 0.507 e. The molecule has 3 nitrogen and oxygen atoms in total. The molecule has 262 valence electrons. The molecule has 5 heteroatoms. The minimum absolute atomic E-state index is 0. The SMILES string of the molecule is CC(C)(C)c1cc(-c2cccc3sc(-c4[c-]c(-c5cc(C(C)(C)C)cc6cccnc56)cc(-c5ccccc5)c4)nc23)c(O)c(C(C)(C)C)c1.[Pt]. The van der Waals surface area contributed by atoms with Crippen LogP contribution in [0.15, 0.2) is 103 Å². The van der Waals surface area contributed by atoms with Crippen molar-refractivity contribution in [3.8, 4) is 49.7 Å². The van der Waals surface area contributed by atoms with Crippen molar-refractivity contribution in [3.63, 3.8) is 0 Å². The van der Waals surface area contributed by atoms with Crippen molar-refractivity contribution in [3.05, 3.63) is 126 Å². The fourth-order valence-electron chi connectivity index (χ4n) is 6.58. The molecule has 0 saturated heterocycles. The van der Waals surface area contributed by atoms with Gasteiger partial charge in [-0.25, -0.2) is 0 Å². The van der Waals surface area contributed by atoms with Crippen molar-refractivity contribution in [1.82, 2.24) is 9.97 Å². The first-order chi connectivity index (χ1) is 23.6. The van der Waals surface area contributed by atoms with E-state index < -0.39 is 0 Å². The van der Waals surface area contributed by atoms with Gasteiger partial charge in [0, 0.05) is 54.2 Å². The summed E-state index contributed by atoms with van der Waals surface area (Å²) in [5, 5.41) is 13.8. The minimum atomic E-state index is -0.228. The zero-order valence-corrected chi connectivity index (χ0v) is 34.0. The average molecular weight is 869 g/mol. The van der Waals surface area contributed by atoms with Gasteiger partial charge < -0.3 is 5.11 Å². The van der Waals surface area contributed by atoms with Gasteiger partial charge in [0.1, 0.15) is 5.75 Å². The van der Waals surface area contributed by atoms with E-state index in [1.807, 2.05) is 12.3 Å². The van der Waals surface area contributed by atoms with E-state index in [0.717, 1.165) is 70.6 Å². The number of rotatable bonds is 4. The number of hydrogen-bond donors (Lipinski definition) is 1. The van der Waals surface area contributed by atoms with Gasteiger partial charge in [-0.2, -0.15) is 11.3 Å². The summed E-state index contributed by atoms with van der Waals surface area (Å²) in [6.07, 6.45) is 1.87. The second kappa shape index (κ2) is 13.5. The third kappa shape index (κ3) is 7.19. The molecule has 0 saturated carbocycles. The van der Waals surface area contributed by atoms with Gasteiger partial charge in [0.25, 0.3) is 0 Å². The molecule has 51 heavy (non-hydrogen) atoms. The van der Waals surface area contributed by atoms with E-state index in [4.69, 9.17) is 9.97 Å². The Hall–Kier alpha value is -4.11. The van der Waals surface area contributed by atoms with E-state index in [-0.39, 0.29) is 37.3 Å². The molecule has 7 rings (SSSR count). The molecule has 5 aromatic carbocycles. The number of thiazole rings is 1. The van der Waals surface area contributed by atoms with Crippen LogP contribution in [0.5, 0.6) is 5.75 Å². The molecule has 7 aromatic rings. The smallest absolute Gasteiger partial charge is 0.127 e.